The number of allylic oxidation sites excluding steroid dienone is 2. The third kappa shape index (κ3) is 1.46. The highest BCUT2D eigenvalue weighted by molar-refractivity contribution is 6.20. The van der Waals surface area contributed by atoms with Crippen LogP contribution in [0.15, 0.2) is 11.6 Å². The summed E-state index contributed by atoms with van der Waals surface area (Å²) in [5, 5.41) is 0.418. The molecule has 1 fully saturated rings. The van der Waals surface area contributed by atoms with Crippen molar-refractivity contribution in [3.63, 3.8) is 0 Å². The van der Waals surface area contributed by atoms with Gasteiger partial charge in [0.05, 0.1) is 0 Å². The maximum atomic E-state index is 6.01. The Hall–Kier alpha value is 0.0300. The van der Waals surface area contributed by atoms with Crippen molar-refractivity contribution in [3.8, 4) is 0 Å². The second-order valence-corrected chi connectivity index (χ2v) is 4.78. The molecule has 2 aliphatic rings. The Morgan fingerprint density at radius 1 is 1.55 bits per heavy atom. The Balaban J connectivity index is 2.05. The third-order valence-corrected chi connectivity index (χ3v) is 3.52. The van der Waals surface area contributed by atoms with Crippen LogP contribution in [0.5, 0.6) is 0 Å². The topological polar surface area (TPSA) is 0 Å². The van der Waals surface area contributed by atoms with Gasteiger partial charge in [-0.15, -0.1) is 11.6 Å². The second kappa shape index (κ2) is 2.52. The van der Waals surface area contributed by atoms with Crippen molar-refractivity contribution in [3.05, 3.63) is 11.6 Å². The van der Waals surface area contributed by atoms with E-state index in [0.717, 1.165) is 6.42 Å². The van der Waals surface area contributed by atoms with Gasteiger partial charge in [0, 0.05) is 5.38 Å². The molecule has 0 aromatic rings. The zero-order chi connectivity index (χ0) is 7.90. The average Bonchev–Trinajstić information content (AvgIpc) is 2.70. The Kier molecular flexibility index (Phi) is 1.75. The predicted octanol–water partition coefficient (Wildman–Crippen LogP) is 3.50. The van der Waals surface area contributed by atoms with Crippen LogP contribution in [0.3, 0.4) is 0 Å². The van der Waals surface area contributed by atoms with Gasteiger partial charge < -0.3 is 0 Å². The van der Waals surface area contributed by atoms with E-state index in [-0.39, 0.29) is 0 Å². The van der Waals surface area contributed by atoms with Gasteiger partial charge >= 0.3 is 0 Å². The van der Waals surface area contributed by atoms with Crippen LogP contribution >= 0.6 is 11.6 Å². The van der Waals surface area contributed by atoms with Gasteiger partial charge in [0.2, 0.25) is 0 Å². The number of hydrogen-bond acceptors (Lipinski definition) is 0. The Bertz CT molecular complexity index is 189. The van der Waals surface area contributed by atoms with Crippen molar-refractivity contribution < 1.29 is 0 Å². The van der Waals surface area contributed by atoms with Gasteiger partial charge in [-0.2, -0.15) is 0 Å². The highest BCUT2D eigenvalue weighted by Gasteiger charge is 2.41. The smallest absolute Gasteiger partial charge is 0.0373 e. The molecular weight excluding hydrogens is 156 g/mol. The summed E-state index contributed by atoms with van der Waals surface area (Å²) in [4.78, 5) is 0. The minimum Gasteiger partial charge on any atom is -0.123 e. The molecule has 0 aliphatic heterocycles. The number of alkyl halides is 1. The maximum absolute atomic E-state index is 6.01. The molecule has 0 spiro atoms. The summed E-state index contributed by atoms with van der Waals surface area (Å²) in [7, 11) is 0. The van der Waals surface area contributed by atoms with Gasteiger partial charge in [-0.1, -0.05) is 18.6 Å². The van der Waals surface area contributed by atoms with Crippen LogP contribution in [-0.4, -0.2) is 5.38 Å². The molecule has 62 valence electrons. The van der Waals surface area contributed by atoms with Crippen LogP contribution in [-0.2, 0) is 0 Å². The highest BCUT2D eigenvalue weighted by atomic mass is 35.5. The molecule has 0 bridgehead atoms. The van der Waals surface area contributed by atoms with Gasteiger partial charge in [0.1, 0.15) is 0 Å². The SMILES string of the molecule is CC1(C2=CCC(Cl)CC2)CC1. The van der Waals surface area contributed by atoms with Crippen molar-refractivity contribution in [1.29, 1.82) is 0 Å². The summed E-state index contributed by atoms with van der Waals surface area (Å²) in [5.41, 5.74) is 2.30. The van der Waals surface area contributed by atoms with Gasteiger partial charge in [-0.25, -0.2) is 0 Å². The molecule has 1 saturated carbocycles. The number of halogens is 1. The summed E-state index contributed by atoms with van der Waals surface area (Å²) >= 11 is 6.01. The van der Waals surface area contributed by atoms with E-state index in [1.165, 1.54) is 25.7 Å². The fourth-order valence-corrected chi connectivity index (χ4v) is 2.06. The maximum Gasteiger partial charge on any atom is 0.0373 e. The Morgan fingerprint density at radius 3 is 2.73 bits per heavy atom. The molecule has 11 heavy (non-hydrogen) atoms. The summed E-state index contributed by atoms with van der Waals surface area (Å²) in [6.07, 6.45) is 8.76. The fourth-order valence-electron chi connectivity index (χ4n) is 1.86. The zero-order valence-corrected chi connectivity index (χ0v) is 7.82. The van der Waals surface area contributed by atoms with E-state index in [1.54, 1.807) is 5.57 Å². The fraction of sp³-hybridized carbons (Fsp3) is 0.800. The monoisotopic (exact) mass is 170 g/mol. The molecule has 0 aromatic carbocycles. The van der Waals surface area contributed by atoms with Crippen molar-refractivity contribution in [2.75, 3.05) is 0 Å². The van der Waals surface area contributed by atoms with Crippen molar-refractivity contribution >= 4 is 11.6 Å². The Labute approximate surface area is 73.6 Å². The molecule has 0 nitrogen and oxygen atoms in total. The third-order valence-electron chi connectivity index (χ3n) is 3.12. The minimum atomic E-state index is 0.418. The first-order chi connectivity index (χ1) is 5.21. The molecule has 0 amide bonds. The lowest BCUT2D eigenvalue weighted by atomic mass is 9.88. The van der Waals surface area contributed by atoms with Crippen molar-refractivity contribution in [1.82, 2.24) is 0 Å². The standard InChI is InChI=1S/C10H15Cl/c1-10(6-7-10)8-2-4-9(11)5-3-8/h2,9H,3-7H2,1H3. The lowest BCUT2D eigenvalue weighted by Gasteiger charge is -2.21. The summed E-state index contributed by atoms with van der Waals surface area (Å²) < 4.78 is 0. The lowest BCUT2D eigenvalue weighted by molar-refractivity contribution is 0.585. The van der Waals surface area contributed by atoms with E-state index in [1.807, 2.05) is 0 Å². The first kappa shape index (κ1) is 7.67. The molecular formula is C10H15Cl. The molecule has 1 unspecified atom stereocenters. The molecule has 2 aliphatic carbocycles. The quantitative estimate of drug-likeness (QED) is 0.418. The van der Waals surface area contributed by atoms with Crippen LogP contribution in [0.4, 0.5) is 0 Å². The van der Waals surface area contributed by atoms with Crippen molar-refractivity contribution in [2.24, 2.45) is 5.41 Å². The van der Waals surface area contributed by atoms with Crippen LogP contribution < -0.4 is 0 Å². The largest absolute Gasteiger partial charge is 0.123 e. The second-order valence-electron chi connectivity index (χ2n) is 4.16. The lowest BCUT2D eigenvalue weighted by Crippen LogP contribution is -2.09. The molecule has 0 saturated heterocycles. The van der Waals surface area contributed by atoms with Gasteiger partial charge in [0.15, 0.2) is 0 Å². The predicted molar refractivity (Wildman–Crippen MR) is 48.9 cm³/mol. The van der Waals surface area contributed by atoms with Crippen LogP contribution in [0.25, 0.3) is 0 Å². The molecule has 1 heteroatoms. The molecule has 1 atom stereocenters. The van der Waals surface area contributed by atoms with E-state index < -0.39 is 0 Å². The summed E-state index contributed by atoms with van der Waals surface area (Å²) in [5.74, 6) is 0. The molecule has 0 N–H and O–H groups in total. The van der Waals surface area contributed by atoms with E-state index in [2.05, 4.69) is 13.0 Å². The molecule has 2 rings (SSSR count). The molecule has 0 radical (unpaired) electrons. The van der Waals surface area contributed by atoms with Crippen molar-refractivity contribution in [2.45, 2.75) is 44.4 Å². The zero-order valence-electron chi connectivity index (χ0n) is 7.07. The normalized spacial score (nSPS) is 34.7. The summed E-state index contributed by atoms with van der Waals surface area (Å²) in [6.45, 7) is 2.38. The highest BCUT2D eigenvalue weighted by Crippen LogP contribution is 2.53. The van der Waals surface area contributed by atoms with E-state index in [4.69, 9.17) is 11.6 Å². The number of rotatable bonds is 1. The minimum absolute atomic E-state index is 0.418. The van der Waals surface area contributed by atoms with Gasteiger partial charge in [-0.3, -0.25) is 0 Å². The van der Waals surface area contributed by atoms with Crippen LogP contribution in [0, 0.1) is 5.41 Å². The van der Waals surface area contributed by atoms with E-state index in [0.29, 0.717) is 10.8 Å². The van der Waals surface area contributed by atoms with E-state index in [9.17, 15) is 0 Å². The average molecular weight is 171 g/mol. The summed E-state index contributed by atoms with van der Waals surface area (Å²) in [6, 6.07) is 0. The molecule has 0 heterocycles. The first-order valence-corrected chi connectivity index (χ1v) is 4.98. The number of hydrogen-bond donors (Lipinski definition) is 0. The Morgan fingerprint density at radius 2 is 2.27 bits per heavy atom. The van der Waals surface area contributed by atoms with Crippen LogP contribution in [0.2, 0.25) is 0 Å². The van der Waals surface area contributed by atoms with E-state index >= 15 is 0 Å². The van der Waals surface area contributed by atoms with Gasteiger partial charge in [0.25, 0.3) is 0 Å². The van der Waals surface area contributed by atoms with Crippen LogP contribution in [0.1, 0.15) is 39.0 Å². The van der Waals surface area contributed by atoms with Gasteiger partial charge in [-0.05, 0) is 37.5 Å². The first-order valence-electron chi connectivity index (χ1n) is 4.54. The molecule has 0 aromatic heterocycles.